The Morgan fingerprint density at radius 3 is 1.19 bits per heavy atom. The van der Waals surface area contributed by atoms with Gasteiger partial charge in [-0.15, -0.1) is 0 Å². The van der Waals surface area contributed by atoms with Crippen LogP contribution < -0.4 is 0 Å². The highest BCUT2D eigenvalue weighted by Crippen LogP contribution is 2.11. The second-order valence-corrected chi connectivity index (χ2v) is 17.4. The highest BCUT2D eigenvalue weighted by atomic mass is 16.7. The lowest BCUT2D eigenvalue weighted by atomic mass is 10.1. The molecule has 0 aromatic heterocycles. The van der Waals surface area contributed by atoms with E-state index >= 15 is 0 Å². The van der Waals surface area contributed by atoms with Crippen molar-refractivity contribution < 1.29 is 42.9 Å². The first-order valence-corrected chi connectivity index (χ1v) is 25.3. The van der Waals surface area contributed by atoms with E-state index in [2.05, 4.69) is 148 Å². The minimum Gasteiger partial charge on any atom is -0.477 e. The number of ether oxygens (including phenoxy) is 4. The number of unbranched alkanes of at least 4 members (excludes halogenated alkanes) is 7. The highest BCUT2D eigenvalue weighted by Gasteiger charge is 2.25. The zero-order valence-corrected chi connectivity index (χ0v) is 42.5. The van der Waals surface area contributed by atoms with Crippen LogP contribution in [0.2, 0.25) is 0 Å². The fourth-order valence-electron chi connectivity index (χ4n) is 6.04. The molecule has 2 unspecified atom stereocenters. The van der Waals surface area contributed by atoms with Gasteiger partial charge < -0.3 is 28.5 Å². The summed E-state index contributed by atoms with van der Waals surface area (Å²) in [4.78, 5) is 37.2. The first kappa shape index (κ1) is 62.4. The van der Waals surface area contributed by atoms with Gasteiger partial charge in [0.15, 0.2) is 6.10 Å². The van der Waals surface area contributed by atoms with Crippen LogP contribution in [0.15, 0.2) is 134 Å². The lowest BCUT2D eigenvalue weighted by Gasteiger charge is -2.25. The third kappa shape index (κ3) is 49.2. The lowest BCUT2D eigenvalue weighted by molar-refractivity contribution is -0.870. The third-order valence-corrected chi connectivity index (χ3v) is 9.90. The van der Waals surface area contributed by atoms with Gasteiger partial charge in [0, 0.05) is 12.8 Å². The molecular formula is C58H92NO8+. The van der Waals surface area contributed by atoms with Crippen LogP contribution in [0, 0.1) is 0 Å². The molecule has 0 fully saturated rings. The minimum atomic E-state index is -1.53. The zero-order valence-electron chi connectivity index (χ0n) is 42.5. The summed E-state index contributed by atoms with van der Waals surface area (Å²) in [6, 6.07) is 0. The topological polar surface area (TPSA) is 108 Å². The molecule has 0 saturated carbocycles. The van der Waals surface area contributed by atoms with Crippen molar-refractivity contribution in [2.24, 2.45) is 0 Å². The molecule has 0 aliphatic rings. The van der Waals surface area contributed by atoms with Crippen molar-refractivity contribution >= 4 is 17.9 Å². The summed E-state index contributed by atoms with van der Waals surface area (Å²) in [5, 5.41) is 9.66. The number of carbonyl (C=O) groups is 3. The number of hydrogen-bond acceptors (Lipinski definition) is 7. The average molecular weight is 931 g/mol. The van der Waals surface area contributed by atoms with Crippen molar-refractivity contribution in [1.82, 2.24) is 0 Å². The minimum absolute atomic E-state index is 0.169. The van der Waals surface area contributed by atoms with Gasteiger partial charge in [-0.25, -0.2) is 4.79 Å². The van der Waals surface area contributed by atoms with E-state index in [4.69, 9.17) is 18.9 Å². The van der Waals surface area contributed by atoms with Gasteiger partial charge in [0.1, 0.15) is 13.2 Å². The third-order valence-electron chi connectivity index (χ3n) is 9.90. The normalized spacial score (nSPS) is 14.0. The van der Waals surface area contributed by atoms with Crippen LogP contribution in [0.4, 0.5) is 0 Å². The number of carbonyl (C=O) groups excluding carboxylic acids is 2. The number of aliphatic carboxylic acids is 1. The number of nitrogens with zero attached hydrogens (tertiary/aromatic N) is 1. The van der Waals surface area contributed by atoms with Gasteiger partial charge in [0.25, 0.3) is 6.29 Å². The summed E-state index contributed by atoms with van der Waals surface area (Å²) in [6.07, 6.45) is 65.3. The van der Waals surface area contributed by atoms with Crippen LogP contribution in [0.5, 0.6) is 0 Å². The maximum absolute atomic E-state index is 12.8. The van der Waals surface area contributed by atoms with E-state index < -0.39 is 24.3 Å². The molecule has 0 bridgehead atoms. The summed E-state index contributed by atoms with van der Waals surface area (Å²) < 4.78 is 22.7. The average Bonchev–Trinajstić information content (AvgIpc) is 3.29. The maximum Gasteiger partial charge on any atom is 0.361 e. The maximum atomic E-state index is 12.8. The largest absolute Gasteiger partial charge is 0.477 e. The van der Waals surface area contributed by atoms with Crippen LogP contribution in [-0.4, -0.2) is 87.4 Å². The van der Waals surface area contributed by atoms with Crippen molar-refractivity contribution in [3.63, 3.8) is 0 Å². The van der Waals surface area contributed by atoms with Crippen molar-refractivity contribution in [2.45, 2.75) is 167 Å². The second-order valence-electron chi connectivity index (χ2n) is 17.4. The van der Waals surface area contributed by atoms with Gasteiger partial charge in [0.05, 0.1) is 34.4 Å². The molecule has 67 heavy (non-hydrogen) atoms. The van der Waals surface area contributed by atoms with Crippen LogP contribution in [-0.2, 0) is 33.3 Å². The van der Waals surface area contributed by atoms with Gasteiger partial charge >= 0.3 is 17.9 Å². The second kappa shape index (κ2) is 47.9. The lowest BCUT2D eigenvalue weighted by Crippen LogP contribution is -2.40. The number of carboxylic acid groups (broad SMARTS) is 1. The van der Waals surface area contributed by atoms with E-state index in [1.807, 2.05) is 21.1 Å². The Bertz CT molecular complexity index is 1550. The van der Waals surface area contributed by atoms with Crippen molar-refractivity contribution in [3.8, 4) is 0 Å². The van der Waals surface area contributed by atoms with Crippen LogP contribution in [0.1, 0.15) is 155 Å². The Labute approximate surface area is 408 Å². The molecule has 0 aliphatic heterocycles. The van der Waals surface area contributed by atoms with E-state index in [0.29, 0.717) is 23.9 Å². The molecule has 0 radical (unpaired) electrons. The Balaban J connectivity index is 4.42. The quantitative estimate of drug-likeness (QED) is 0.0212. The van der Waals surface area contributed by atoms with E-state index in [-0.39, 0.29) is 38.6 Å². The smallest absolute Gasteiger partial charge is 0.361 e. The standard InChI is InChI=1S/C58H91NO8/c1-6-8-10-12-14-16-18-20-21-22-23-24-25-26-27-28-29-30-31-32-33-34-35-37-39-41-43-45-47-49-56(61)67-54(53-66-58(57(62)63)64-51-50-59(3,4)5)52-65-55(60)48-46-44-42-40-38-36-19-17-15-13-11-9-7-2/h8-11,14-17,20-21,23-24,26-27,29-30,32-33,35-38,54,58H,6-7,12-13,18-19,22,25,28,31,34,39-53H2,1-5H3/p+1/b10-8-,11-9-,16-14-,17-15-,21-20-,24-23-,27-26-,30-29-,33-32-,37-35-,38-36-. The fraction of sp³-hybridized carbons (Fsp3) is 0.569. The number of quaternary nitrogens is 1. The number of likely N-dealkylation sites (N-methyl/N-ethyl adjacent to an activating group) is 1. The highest BCUT2D eigenvalue weighted by molar-refractivity contribution is 5.71. The molecule has 0 rings (SSSR count). The Kier molecular flexibility index (Phi) is 44.6. The van der Waals surface area contributed by atoms with Crippen molar-refractivity contribution in [2.75, 3.05) is 47.5 Å². The summed E-state index contributed by atoms with van der Waals surface area (Å²) in [7, 11) is 5.92. The molecule has 0 saturated heterocycles. The van der Waals surface area contributed by atoms with Crippen LogP contribution in [0.3, 0.4) is 0 Å². The number of esters is 2. The van der Waals surface area contributed by atoms with Crippen molar-refractivity contribution in [1.29, 1.82) is 0 Å². The Hall–Kier alpha value is -4.57. The predicted molar refractivity (Wildman–Crippen MR) is 281 cm³/mol. The van der Waals surface area contributed by atoms with Gasteiger partial charge in [-0.05, 0) is 109 Å². The number of rotatable bonds is 44. The Morgan fingerprint density at radius 1 is 0.448 bits per heavy atom. The SMILES string of the molecule is CC/C=C\C/C=C\C/C=C\C/C=C\C/C=C\C/C=C\C/C=C\C/C=C\CCCCCCC(=O)OC(COC(=O)CCCCC/C=C\C/C=C\C/C=C\CC)COC(OCC[N+](C)(C)C)C(=O)O. The molecule has 2 atom stereocenters. The summed E-state index contributed by atoms with van der Waals surface area (Å²) in [6.45, 7) is 4.53. The molecular weight excluding hydrogens is 839 g/mol. The molecule has 0 amide bonds. The Morgan fingerprint density at radius 2 is 0.806 bits per heavy atom. The molecule has 376 valence electrons. The van der Waals surface area contributed by atoms with Crippen LogP contribution >= 0.6 is 0 Å². The molecule has 9 heteroatoms. The molecule has 0 aromatic carbocycles. The monoisotopic (exact) mass is 931 g/mol. The zero-order chi connectivity index (χ0) is 49.2. The number of allylic oxidation sites excluding steroid dienone is 22. The van der Waals surface area contributed by atoms with Gasteiger partial charge in [-0.2, -0.15) is 0 Å². The van der Waals surface area contributed by atoms with Crippen LogP contribution in [0.25, 0.3) is 0 Å². The molecule has 0 spiro atoms. The van der Waals surface area contributed by atoms with E-state index in [9.17, 15) is 19.5 Å². The van der Waals surface area contributed by atoms with E-state index in [1.54, 1.807) is 0 Å². The summed E-state index contributed by atoms with van der Waals surface area (Å²) in [5.74, 6) is -2.10. The molecule has 0 aromatic rings. The first-order chi connectivity index (χ1) is 32.6. The fourth-order valence-corrected chi connectivity index (χ4v) is 6.04. The van der Waals surface area contributed by atoms with Crippen molar-refractivity contribution in [3.05, 3.63) is 134 Å². The number of hydrogen-bond donors (Lipinski definition) is 1. The molecule has 9 nitrogen and oxygen atoms in total. The first-order valence-electron chi connectivity index (χ1n) is 25.3. The molecule has 0 heterocycles. The van der Waals surface area contributed by atoms with E-state index in [1.165, 1.54) is 0 Å². The van der Waals surface area contributed by atoms with E-state index in [0.717, 1.165) is 116 Å². The van der Waals surface area contributed by atoms with Gasteiger partial charge in [-0.1, -0.05) is 167 Å². The number of carboxylic acids is 1. The summed E-state index contributed by atoms with van der Waals surface area (Å²) in [5.41, 5.74) is 0. The molecule has 1 N–H and O–H groups in total. The molecule has 0 aliphatic carbocycles. The summed E-state index contributed by atoms with van der Waals surface area (Å²) >= 11 is 0. The predicted octanol–water partition coefficient (Wildman–Crippen LogP) is 14.3. The van der Waals surface area contributed by atoms with Gasteiger partial charge in [-0.3, -0.25) is 9.59 Å². The van der Waals surface area contributed by atoms with Gasteiger partial charge in [0.2, 0.25) is 0 Å².